The van der Waals surface area contributed by atoms with Crippen LogP contribution in [0.3, 0.4) is 0 Å². The normalized spacial score (nSPS) is 38.8. The molecular formula is C15H24N2Na2O17P2. The number of ether oxygens (including phenoxy) is 2. The quantitative estimate of drug-likeness (QED) is 0.0939. The van der Waals surface area contributed by atoms with Gasteiger partial charge in [0.1, 0.15) is 42.7 Å². The molecule has 3 aliphatic rings. The van der Waals surface area contributed by atoms with E-state index in [4.69, 9.17) is 14.6 Å². The molecule has 3 aliphatic heterocycles. The van der Waals surface area contributed by atoms with Crippen molar-refractivity contribution in [3.8, 4) is 0 Å². The Morgan fingerprint density at radius 1 is 0.921 bits per heavy atom. The molecular weight excluding hydrogens is 588 g/mol. The number of urea groups is 1. The number of amides is 3. The van der Waals surface area contributed by atoms with E-state index in [0.29, 0.717) is 0 Å². The smallest absolute Gasteiger partial charge is 0.756 e. The van der Waals surface area contributed by atoms with Crippen LogP contribution >= 0.6 is 15.6 Å². The number of hydrogen-bond donors (Lipinski definition) is 7. The molecule has 0 aliphatic carbocycles. The van der Waals surface area contributed by atoms with Gasteiger partial charge in [-0.1, -0.05) is 0 Å². The first-order valence-electron chi connectivity index (χ1n) is 10.2. The molecule has 38 heavy (non-hydrogen) atoms. The average Bonchev–Trinajstić information content (AvgIpc) is 3.06. The molecule has 23 heteroatoms. The summed E-state index contributed by atoms with van der Waals surface area (Å²) in [6.07, 6.45) is -16.7. The Kier molecular flexibility index (Phi) is 14.4. The van der Waals surface area contributed by atoms with Gasteiger partial charge in [0.15, 0.2) is 12.5 Å². The van der Waals surface area contributed by atoms with Gasteiger partial charge in [0, 0.05) is 13.0 Å². The van der Waals surface area contributed by atoms with Crippen LogP contribution in [-0.4, -0.2) is 122 Å². The fraction of sp³-hybridized carbons (Fsp3) is 0.867. The van der Waals surface area contributed by atoms with Crippen LogP contribution in [0.1, 0.15) is 6.42 Å². The number of phosphoric acid groups is 2. The molecule has 0 radical (unpaired) electrons. The largest absolute Gasteiger partial charge is 1.00 e. The van der Waals surface area contributed by atoms with E-state index in [9.17, 15) is 54.0 Å². The zero-order chi connectivity index (χ0) is 27.0. The molecule has 3 amide bonds. The predicted molar refractivity (Wildman–Crippen MR) is 103 cm³/mol. The van der Waals surface area contributed by atoms with Crippen molar-refractivity contribution in [1.82, 2.24) is 10.2 Å². The molecule has 3 rings (SSSR count). The molecule has 2 unspecified atom stereocenters. The van der Waals surface area contributed by atoms with Crippen molar-refractivity contribution in [1.29, 1.82) is 0 Å². The minimum Gasteiger partial charge on any atom is -0.756 e. The molecule has 0 aromatic rings. The average molecular weight is 612 g/mol. The van der Waals surface area contributed by atoms with E-state index in [-0.39, 0.29) is 72.1 Å². The summed E-state index contributed by atoms with van der Waals surface area (Å²) in [5.74, 6) is -0.582. The van der Waals surface area contributed by atoms with Gasteiger partial charge in [0.05, 0.1) is 13.2 Å². The van der Waals surface area contributed by atoms with Crippen molar-refractivity contribution < 1.29 is 141 Å². The molecule has 7 N–H and O–H groups in total. The minimum atomic E-state index is -5.90. The van der Waals surface area contributed by atoms with Crippen LogP contribution in [0, 0.1) is 0 Å². The van der Waals surface area contributed by atoms with Crippen molar-refractivity contribution >= 4 is 27.6 Å². The number of nitrogens with zero attached hydrogens (tertiary/aromatic N) is 1. The second-order valence-electron chi connectivity index (χ2n) is 7.92. The first kappa shape index (κ1) is 36.9. The fourth-order valence-corrected chi connectivity index (χ4v) is 5.64. The van der Waals surface area contributed by atoms with Crippen molar-refractivity contribution in [3.05, 3.63) is 0 Å². The molecule has 208 valence electrons. The second kappa shape index (κ2) is 14.9. The predicted octanol–water partition coefficient (Wildman–Crippen LogP) is -11.8. The standard InChI is InChI=1S/C15H26N2O17P2.2Na/c18-3-5-8(20)10(22)12(24)14(32-5)33-36(28,29)34-35(26,27)30-4-6-9(21)11(23)13(31-6)17-2-1-7(19)16-15(17)25;;/h5-6,8-14,18,20-24H,1-4H2,(H,26,27)(H,28,29)(H,16,19,25);;/q;2*+1/p-2/t5-,6-,8-,9-,10+,11-,12-,13-,14-;;/m1../s1. The number of carbonyl (C=O) groups excluding carboxylic acids is 2. The van der Waals surface area contributed by atoms with Crippen molar-refractivity contribution in [2.75, 3.05) is 19.8 Å². The Bertz CT molecular complexity index is 932. The van der Waals surface area contributed by atoms with Crippen LogP contribution in [0.4, 0.5) is 4.79 Å². The Labute approximate surface area is 258 Å². The van der Waals surface area contributed by atoms with Gasteiger partial charge in [-0.25, -0.2) is 9.11 Å². The summed E-state index contributed by atoms with van der Waals surface area (Å²) in [5, 5.41) is 60.4. The Morgan fingerprint density at radius 3 is 2.11 bits per heavy atom. The van der Waals surface area contributed by atoms with E-state index in [0.717, 1.165) is 4.90 Å². The third kappa shape index (κ3) is 8.94. The van der Waals surface area contributed by atoms with Gasteiger partial charge in [0.25, 0.3) is 15.6 Å². The van der Waals surface area contributed by atoms with Gasteiger partial charge in [-0.05, 0) is 0 Å². The van der Waals surface area contributed by atoms with Crippen LogP contribution < -0.4 is 74.2 Å². The number of hydrogen-bond acceptors (Lipinski definition) is 17. The number of aliphatic hydroxyl groups excluding tert-OH is 6. The topological polar surface area (TPSA) is 297 Å². The first-order valence-corrected chi connectivity index (χ1v) is 13.2. The van der Waals surface area contributed by atoms with Gasteiger partial charge in [-0.2, -0.15) is 0 Å². The van der Waals surface area contributed by atoms with E-state index < -0.39 is 96.0 Å². The van der Waals surface area contributed by atoms with Gasteiger partial charge in [0.2, 0.25) is 5.91 Å². The summed E-state index contributed by atoms with van der Waals surface area (Å²) in [6.45, 7) is -2.20. The van der Waals surface area contributed by atoms with Gasteiger partial charge < -0.3 is 54.4 Å². The van der Waals surface area contributed by atoms with Gasteiger partial charge in [-0.3, -0.25) is 28.7 Å². The van der Waals surface area contributed by atoms with E-state index in [1.54, 1.807) is 0 Å². The number of rotatable bonds is 9. The summed E-state index contributed by atoms with van der Waals surface area (Å²) >= 11 is 0. The Hall–Kier alpha value is 0.880. The van der Waals surface area contributed by atoms with Crippen LogP contribution in [0.15, 0.2) is 0 Å². The van der Waals surface area contributed by atoms with Crippen molar-refractivity contribution in [2.24, 2.45) is 0 Å². The van der Waals surface area contributed by atoms with Gasteiger partial charge in [-0.15, -0.1) is 0 Å². The first-order chi connectivity index (χ1) is 16.7. The molecule has 0 bridgehead atoms. The summed E-state index contributed by atoms with van der Waals surface area (Å²) in [7, 11) is -11.7. The number of nitrogens with one attached hydrogen (secondary N) is 1. The zero-order valence-electron chi connectivity index (χ0n) is 20.0. The molecule has 3 fully saturated rings. The Balaban J connectivity index is 0.00000361. The van der Waals surface area contributed by atoms with E-state index in [1.807, 2.05) is 5.32 Å². The fourth-order valence-electron chi connectivity index (χ4n) is 3.56. The Morgan fingerprint density at radius 2 is 1.53 bits per heavy atom. The maximum Gasteiger partial charge on any atom is 1.00 e. The third-order valence-corrected chi connectivity index (χ3v) is 7.94. The summed E-state index contributed by atoms with van der Waals surface area (Å²) < 4.78 is 46.5. The molecule has 19 nitrogen and oxygen atoms in total. The third-order valence-electron chi connectivity index (χ3n) is 5.41. The number of carbonyl (C=O) groups is 2. The van der Waals surface area contributed by atoms with Gasteiger partial charge >= 0.3 is 65.1 Å². The van der Waals surface area contributed by atoms with Crippen LogP contribution in [0.2, 0.25) is 0 Å². The SMILES string of the molecule is O=C1CCN([C@@H]2O[C@H](COP(=O)([O-])OP(=O)([O-])O[C@H]3O[C@H](CO)[C@@H](O)[C@H](O)[C@H]3O)[C@@H](O)[C@H]2O)C(=O)N1.[Na+].[Na+]. The monoisotopic (exact) mass is 612 g/mol. The van der Waals surface area contributed by atoms with Crippen molar-refractivity contribution in [2.45, 2.75) is 61.7 Å². The second-order valence-corrected chi connectivity index (χ2v) is 10.8. The summed E-state index contributed by atoms with van der Waals surface area (Å²) in [5.41, 5.74) is 0. The van der Waals surface area contributed by atoms with E-state index >= 15 is 0 Å². The molecule has 0 spiro atoms. The van der Waals surface area contributed by atoms with Crippen molar-refractivity contribution in [3.63, 3.8) is 0 Å². The van der Waals surface area contributed by atoms with E-state index in [2.05, 4.69) is 13.4 Å². The maximum atomic E-state index is 12.0. The maximum absolute atomic E-state index is 12.0. The van der Waals surface area contributed by atoms with Crippen LogP contribution in [0.25, 0.3) is 0 Å². The molecule has 11 atom stereocenters. The number of imide groups is 1. The summed E-state index contributed by atoms with van der Waals surface area (Å²) in [4.78, 5) is 48.1. The number of aliphatic hydroxyl groups is 6. The summed E-state index contributed by atoms with van der Waals surface area (Å²) in [6, 6.07) is -0.931. The molecule has 3 heterocycles. The van der Waals surface area contributed by atoms with Crippen LogP contribution in [-0.2, 0) is 36.8 Å². The zero-order valence-corrected chi connectivity index (χ0v) is 25.8. The van der Waals surface area contributed by atoms with Crippen LogP contribution in [0.5, 0.6) is 0 Å². The molecule has 3 saturated heterocycles. The number of phosphoric ester groups is 2. The molecule has 0 aromatic heterocycles. The molecule has 0 saturated carbocycles. The van der Waals surface area contributed by atoms with E-state index in [1.165, 1.54) is 0 Å². The molecule has 0 aromatic carbocycles. The minimum absolute atomic E-state index is 0.